The monoisotopic (exact) mass is 467 g/mol. The number of hydrogen-bond acceptors (Lipinski definition) is 5. The van der Waals surface area contributed by atoms with E-state index >= 15 is 0 Å². The molecule has 4 aromatic rings. The van der Waals surface area contributed by atoms with Crippen molar-refractivity contribution in [1.82, 2.24) is 13.7 Å². The molecule has 0 bridgehead atoms. The lowest BCUT2D eigenvalue weighted by atomic mass is 10.0. The molecular weight excluding hydrogens is 446 g/mol. The average molecular weight is 468 g/mol. The molecule has 0 saturated carbocycles. The van der Waals surface area contributed by atoms with Crippen LogP contribution in [0.5, 0.6) is 11.5 Å². The van der Waals surface area contributed by atoms with E-state index in [0.717, 1.165) is 10.1 Å². The number of rotatable bonds is 3. The molecule has 0 radical (unpaired) electrons. The second kappa shape index (κ2) is 7.83. The predicted octanol–water partition coefficient (Wildman–Crippen LogP) is 3.19. The maximum atomic E-state index is 13.4. The average Bonchev–Trinajstić information content (AvgIpc) is 3.17. The first-order valence-electron chi connectivity index (χ1n) is 10.4. The Kier molecular flexibility index (Phi) is 5.07. The van der Waals surface area contributed by atoms with Gasteiger partial charge in [-0.3, -0.25) is 13.9 Å². The SMILES string of the molecule is COc1ccc(C2OCCn3c(-c4ccc(Cl)cc4)c4c(=O)n(C)c(=O)n(C)c4c32)cc1O. The number of aromatic nitrogens is 3. The quantitative estimate of drug-likeness (QED) is 0.500. The molecule has 1 N–H and O–H groups in total. The molecule has 2 aromatic carbocycles. The smallest absolute Gasteiger partial charge is 0.331 e. The van der Waals surface area contributed by atoms with E-state index in [9.17, 15) is 14.7 Å². The van der Waals surface area contributed by atoms with Gasteiger partial charge in [0.15, 0.2) is 11.5 Å². The van der Waals surface area contributed by atoms with Crippen LogP contribution < -0.4 is 16.0 Å². The lowest BCUT2D eigenvalue weighted by molar-refractivity contribution is 0.0477. The van der Waals surface area contributed by atoms with Gasteiger partial charge < -0.3 is 19.1 Å². The van der Waals surface area contributed by atoms with Crippen LogP contribution in [-0.4, -0.2) is 32.5 Å². The second-order valence-corrected chi connectivity index (χ2v) is 8.44. The molecule has 8 nitrogen and oxygen atoms in total. The van der Waals surface area contributed by atoms with Crippen molar-refractivity contribution in [2.45, 2.75) is 12.6 Å². The van der Waals surface area contributed by atoms with Crippen LogP contribution in [0.2, 0.25) is 5.02 Å². The molecule has 0 amide bonds. The molecule has 0 saturated heterocycles. The summed E-state index contributed by atoms with van der Waals surface area (Å²) in [7, 11) is 4.60. The summed E-state index contributed by atoms with van der Waals surface area (Å²) in [5.74, 6) is 0.326. The van der Waals surface area contributed by atoms with Gasteiger partial charge in [-0.1, -0.05) is 29.8 Å². The first-order valence-corrected chi connectivity index (χ1v) is 10.8. The van der Waals surface area contributed by atoms with Crippen molar-refractivity contribution in [3.63, 3.8) is 0 Å². The van der Waals surface area contributed by atoms with Crippen molar-refractivity contribution in [3.05, 3.63) is 79.6 Å². The fourth-order valence-electron chi connectivity index (χ4n) is 4.61. The number of nitrogens with zero attached hydrogens (tertiary/aromatic N) is 3. The Labute approximate surface area is 193 Å². The largest absolute Gasteiger partial charge is 0.504 e. The number of aromatic hydroxyl groups is 1. The molecule has 1 atom stereocenters. The second-order valence-electron chi connectivity index (χ2n) is 8.00. The fourth-order valence-corrected chi connectivity index (χ4v) is 4.74. The summed E-state index contributed by atoms with van der Waals surface area (Å²) >= 11 is 6.11. The maximum Gasteiger partial charge on any atom is 0.331 e. The van der Waals surface area contributed by atoms with Crippen LogP contribution in [0.15, 0.2) is 52.1 Å². The topological polar surface area (TPSA) is 87.6 Å². The number of methoxy groups -OCH3 is 1. The number of fused-ring (bicyclic) bond motifs is 3. The van der Waals surface area contributed by atoms with Crippen LogP contribution in [-0.2, 0) is 25.4 Å². The Morgan fingerprint density at radius 2 is 1.82 bits per heavy atom. The molecule has 170 valence electrons. The summed E-state index contributed by atoms with van der Waals surface area (Å²) in [6.07, 6.45) is -0.600. The van der Waals surface area contributed by atoms with Gasteiger partial charge in [-0.25, -0.2) is 4.79 Å². The van der Waals surface area contributed by atoms with E-state index in [-0.39, 0.29) is 11.3 Å². The number of hydrogen-bond donors (Lipinski definition) is 1. The lowest BCUT2D eigenvalue weighted by Crippen LogP contribution is -2.37. The van der Waals surface area contributed by atoms with Crippen LogP contribution in [0, 0.1) is 0 Å². The van der Waals surface area contributed by atoms with Crippen molar-refractivity contribution < 1.29 is 14.6 Å². The van der Waals surface area contributed by atoms with Crippen molar-refractivity contribution in [2.24, 2.45) is 14.1 Å². The highest BCUT2D eigenvalue weighted by atomic mass is 35.5. The van der Waals surface area contributed by atoms with Gasteiger partial charge in [-0.2, -0.15) is 0 Å². The Hall–Kier alpha value is -3.49. The minimum Gasteiger partial charge on any atom is -0.504 e. The number of phenols is 1. The summed E-state index contributed by atoms with van der Waals surface area (Å²) < 4.78 is 15.9. The zero-order chi connectivity index (χ0) is 23.4. The summed E-state index contributed by atoms with van der Waals surface area (Å²) in [4.78, 5) is 26.2. The van der Waals surface area contributed by atoms with Gasteiger partial charge in [0.05, 0.1) is 36.0 Å². The van der Waals surface area contributed by atoms with Crippen LogP contribution >= 0.6 is 11.6 Å². The van der Waals surface area contributed by atoms with E-state index in [1.807, 2.05) is 16.7 Å². The van der Waals surface area contributed by atoms with E-state index in [4.69, 9.17) is 21.1 Å². The standard InChI is InChI=1S/C24H22ClN3O5/c1-26-20-18(23(30)27(2)24(26)31)19(13-4-7-15(25)8-5-13)28-10-11-33-22(21(20)28)14-6-9-17(32-3)16(29)12-14/h4-9,12,22,29H,10-11H2,1-3H3. The number of aryl methyl sites for hydroxylation is 1. The van der Waals surface area contributed by atoms with E-state index in [2.05, 4.69) is 0 Å². The maximum absolute atomic E-state index is 13.4. The predicted molar refractivity (Wildman–Crippen MR) is 125 cm³/mol. The number of ether oxygens (including phenoxy) is 2. The molecule has 0 spiro atoms. The minimum atomic E-state index is -0.600. The van der Waals surface area contributed by atoms with Gasteiger partial charge in [0.2, 0.25) is 0 Å². The normalized spacial score (nSPS) is 15.6. The first kappa shape index (κ1) is 21.4. The third-order valence-corrected chi connectivity index (χ3v) is 6.43. The Morgan fingerprint density at radius 3 is 2.48 bits per heavy atom. The molecule has 1 aliphatic heterocycles. The number of phenolic OH excluding ortho intramolecular Hbond substituents is 1. The van der Waals surface area contributed by atoms with Crippen LogP contribution in [0.25, 0.3) is 22.2 Å². The van der Waals surface area contributed by atoms with Gasteiger partial charge in [-0.15, -0.1) is 0 Å². The summed E-state index contributed by atoms with van der Waals surface area (Å²) in [6.45, 7) is 0.887. The Bertz CT molecular complexity index is 1510. The van der Waals surface area contributed by atoms with Crippen molar-refractivity contribution in [1.29, 1.82) is 0 Å². The van der Waals surface area contributed by atoms with Crippen molar-refractivity contribution >= 4 is 22.5 Å². The van der Waals surface area contributed by atoms with Gasteiger partial charge in [0.25, 0.3) is 5.56 Å². The highest BCUT2D eigenvalue weighted by Crippen LogP contribution is 2.42. The van der Waals surface area contributed by atoms with Gasteiger partial charge in [-0.05, 0) is 35.4 Å². The summed E-state index contributed by atoms with van der Waals surface area (Å²) in [5, 5.41) is 11.4. The van der Waals surface area contributed by atoms with Crippen molar-refractivity contribution in [2.75, 3.05) is 13.7 Å². The zero-order valence-corrected chi connectivity index (χ0v) is 19.1. The van der Waals surface area contributed by atoms with Crippen LogP contribution in [0.4, 0.5) is 0 Å². The van der Waals surface area contributed by atoms with E-state index < -0.39 is 11.8 Å². The molecule has 1 unspecified atom stereocenters. The molecule has 9 heteroatoms. The van der Waals surface area contributed by atoms with E-state index in [1.165, 1.54) is 18.7 Å². The Morgan fingerprint density at radius 1 is 1.09 bits per heavy atom. The number of benzene rings is 2. The molecule has 1 aliphatic rings. The third kappa shape index (κ3) is 3.17. The lowest BCUT2D eigenvalue weighted by Gasteiger charge is -2.28. The molecule has 3 heterocycles. The molecular formula is C24H22ClN3O5. The van der Waals surface area contributed by atoms with Crippen LogP contribution in [0.3, 0.4) is 0 Å². The highest BCUT2D eigenvalue weighted by molar-refractivity contribution is 6.30. The molecule has 33 heavy (non-hydrogen) atoms. The third-order valence-electron chi connectivity index (χ3n) is 6.18. The van der Waals surface area contributed by atoms with Crippen LogP contribution in [0.1, 0.15) is 17.4 Å². The van der Waals surface area contributed by atoms with Crippen molar-refractivity contribution in [3.8, 4) is 22.8 Å². The Balaban J connectivity index is 1.89. The minimum absolute atomic E-state index is 0.0192. The fraction of sp³-hybridized carbons (Fsp3) is 0.250. The summed E-state index contributed by atoms with van der Waals surface area (Å²) in [6, 6.07) is 12.3. The zero-order valence-electron chi connectivity index (χ0n) is 18.3. The summed E-state index contributed by atoms with van der Waals surface area (Å²) in [5.41, 5.74) is 2.59. The first-order chi connectivity index (χ1) is 15.8. The van der Waals surface area contributed by atoms with Gasteiger partial charge in [0.1, 0.15) is 6.10 Å². The molecule has 0 aliphatic carbocycles. The van der Waals surface area contributed by atoms with Gasteiger partial charge in [0, 0.05) is 25.7 Å². The van der Waals surface area contributed by atoms with E-state index in [1.54, 1.807) is 37.4 Å². The highest BCUT2D eigenvalue weighted by Gasteiger charge is 2.33. The molecule has 0 fully saturated rings. The number of halogens is 1. The van der Waals surface area contributed by atoms with Gasteiger partial charge >= 0.3 is 5.69 Å². The van der Waals surface area contributed by atoms with E-state index in [0.29, 0.717) is 51.8 Å². The molecule has 5 rings (SSSR count). The molecule has 2 aromatic heterocycles.